The van der Waals surface area contributed by atoms with Gasteiger partial charge < -0.3 is 10.6 Å². The van der Waals surface area contributed by atoms with E-state index in [1.54, 1.807) is 18.6 Å². The Balaban J connectivity index is 2.21. The molecule has 0 saturated carbocycles. The average molecular weight is 229 g/mol. The minimum Gasteiger partial charge on any atom is -0.394 e. The zero-order valence-electron chi connectivity index (χ0n) is 9.74. The SMILES string of the molecule is CCN(Cc1ccncc1)c1ncncc1N. The molecule has 0 unspecified atom stereocenters. The van der Waals surface area contributed by atoms with E-state index in [-0.39, 0.29) is 0 Å². The number of nitrogens with zero attached hydrogens (tertiary/aromatic N) is 4. The number of pyridine rings is 1. The molecule has 2 rings (SSSR count). The number of rotatable bonds is 4. The summed E-state index contributed by atoms with van der Waals surface area (Å²) in [5.74, 6) is 0.777. The molecule has 0 aromatic carbocycles. The smallest absolute Gasteiger partial charge is 0.155 e. The number of anilines is 2. The maximum Gasteiger partial charge on any atom is 0.155 e. The van der Waals surface area contributed by atoms with Gasteiger partial charge in [-0.2, -0.15) is 0 Å². The largest absolute Gasteiger partial charge is 0.394 e. The average Bonchev–Trinajstić information content (AvgIpc) is 2.38. The minimum atomic E-state index is 0.600. The molecular formula is C12H15N5. The van der Waals surface area contributed by atoms with Gasteiger partial charge in [-0.25, -0.2) is 9.97 Å². The highest BCUT2D eigenvalue weighted by Gasteiger charge is 2.09. The lowest BCUT2D eigenvalue weighted by Crippen LogP contribution is -2.24. The van der Waals surface area contributed by atoms with Crippen LogP contribution in [0.1, 0.15) is 12.5 Å². The summed E-state index contributed by atoms with van der Waals surface area (Å²) in [6.07, 6.45) is 6.71. The van der Waals surface area contributed by atoms with Crippen molar-refractivity contribution in [2.45, 2.75) is 13.5 Å². The summed E-state index contributed by atoms with van der Waals surface area (Å²) in [5, 5.41) is 0. The molecule has 2 aromatic rings. The molecule has 0 atom stereocenters. The number of nitrogens with two attached hydrogens (primary N) is 1. The number of hydrogen-bond acceptors (Lipinski definition) is 5. The highest BCUT2D eigenvalue weighted by Crippen LogP contribution is 2.19. The predicted octanol–water partition coefficient (Wildman–Crippen LogP) is 1.48. The fourth-order valence-corrected chi connectivity index (χ4v) is 1.64. The highest BCUT2D eigenvalue weighted by molar-refractivity contribution is 5.60. The molecule has 0 saturated heterocycles. The predicted molar refractivity (Wildman–Crippen MR) is 67.4 cm³/mol. The lowest BCUT2D eigenvalue weighted by Gasteiger charge is -2.22. The van der Waals surface area contributed by atoms with Crippen molar-refractivity contribution in [2.24, 2.45) is 0 Å². The van der Waals surface area contributed by atoms with E-state index in [2.05, 4.69) is 26.8 Å². The first-order chi connectivity index (χ1) is 8.31. The number of hydrogen-bond donors (Lipinski definition) is 1. The number of aromatic nitrogens is 3. The van der Waals surface area contributed by atoms with Crippen molar-refractivity contribution >= 4 is 11.5 Å². The fourth-order valence-electron chi connectivity index (χ4n) is 1.64. The first kappa shape index (κ1) is 11.3. The van der Waals surface area contributed by atoms with Gasteiger partial charge in [0.25, 0.3) is 0 Å². The third-order valence-electron chi connectivity index (χ3n) is 2.52. The Kier molecular flexibility index (Phi) is 3.49. The van der Waals surface area contributed by atoms with Crippen LogP contribution < -0.4 is 10.6 Å². The van der Waals surface area contributed by atoms with Gasteiger partial charge in [0.2, 0.25) is 0 Å². The van der Waals surface area contributed by atoms with Gasteiger partial charge >= 0.3 is 0 Å². The normalized spacial score (nSPS) is 10.2. The van der Waals surface area contributed by atoms with E-state index < -0.39 is 0 Å². The van der Waals surface area contributed by atoms with E-state index in [1.807, 2.05) is 12.1 Å². The summed E-state index contributed by atoms with van der Waals surface area (Å²) in [7, 11) is 0. The van der Waals surface area contributed by atoms with Gasteiger partial charge in [-0.15, -0.1) is 0 Å². The molecule has 0 spiro atoms. The molecule has 88 valence electrons. The van der Waals surface area contributed by atoms with Crippen LogP contribution in [0.3, 0.4) is 0 Å². The first-order valence-corrected chi connectivity index (χ1v) is 5.50. The lowest BCUT2D eigenvalue weighted by atomic mass is 10.2. The maximum absolute atomic E-state index is 5.87. The molecule has 0 aliphatic heterocycles. The van der Waals surface area contributed by atoms with Gasteiger partial charge in [-0.1, -0.05) is 0 Å². The van der Waals surface area contributed by atoms with E-state index in [9.17, 15) is 0 Å². The lowest BCUT2D eigenvalue weighted by molar-refractivity contribution is 0.811. The first-order valence-electron chi connectivity index (χ1n) is 5.50. The van der Waals surface area contributed by atoms with Crippen LogP contribution in [0.25, 0.3) is 0 Å². The van der Waals surface area contributed by atoms with Gasteiger partial charge in [-0.3, -0.25) is 4.98 Å². The van der Waals surface area contributed by atoms with Crippen molar-refractivity contribution in [1.29, 1.82) is 0 Å². The molecule has 2 heterocycles. The summed E-state index contributed by atoms with van der Waals surface area (Å²) in [6, 6.07) is 3.97. The molecule has 2 N–H and O–H groups in total. The monoisotopic (exact) mass is 229 g/mol. The van der Waals surface area contributed by atoms with Gasteiger partial charge in [0, 0.05) is 25.5 Å². The van der Waals surface area contributed by atoms with Crippen LogP contribution >= 0.6 is 0 Å². The fraction of sp³-hybridized carbons (Fsp3) is 0.250. The molecule has 0 aliphatic carbocycles. The Labute approximate surface area is 100 Å². The van der Waals surface area contributed by atoms with E-state index >= 15 is 0 Å². The van der Waals surface area contributed by atoms with Gasteiger partial charge in [0.1, 0.15) is 6.33 Å². The van der Waals surface area contributed by atoms with Crippen molar-refractivity contribution in [3.05, 3.63) is 42.6 Å². The molecule has 0 radical (unpaired) electrons. The molecule has 0 aliphatic rings. The van der Waals surface area contributed by atoms with Crippen LogP contribution in [-0.2, 0) is 6.54 Å². The summed E-state index contributed by atoms with van der Waals surface area (Å²) < 4.78 is 0. The van der Waals surface area contributed by atoms with Crippen LogP contribution in [0.15, 0.2) is 37.1 Å². The van der Waals surface area contributed by atoms with Gasteiger partial charge in [-0.05, 0) is 24.6 Å². The summed E-state index contributed by atoms with van der Waals surface area (Å²) in [6.45, 7) is 3.67. The Morgan fingerprint density at radius 1 is 1.24 bits per heavy atom. The van der Waals surface area contributed by atoms with Crippen molar-refractivity contribution in [3.63, 3.8) is 0 Å². The third-order valence-corrected chi connectivity index (χ3v) is 2.52. The summed E-state index contributed by atoms with van der Waals surface area (Å²) in [4.78, 5) is 14.2. The molecule has 5 heteroatoms. The van der Waals surface area contributed by atoms with E-state index in [0.29, 0.717) is 5.69 Å². The number of nitrogen functional groups attached to an aromatic ring is 1. The van der Waals surface area contributed by atoms with E-state index in [4.69, 9.17) is 5.73 Å². The Hall–Kier alpha value is -2.17. The zero-order chi connectivity index (χ0) is 12.1. The van der Waals surface area contributed by atoms with Crippen LogP contribution in [-0.4, -0.2) is 21.5 Å². The van der Waals surface area contributed by atoms with Gasteiger partial charge in [0.15, 0.2) is 5.82 Å². The summed E-state index contributed by atoms with van der Waals surface area (Å²) >= 11 is 0. The molecule has 17 heavy (non-hydrogen) atoms. The minimum absolute atomic E-state index is 0.600. The summed E-state index contributed by atoms with van der Waals surface area (Å²) in [5.41, 5.74) is 7.65. The van der Waals surface area contributed by atoms with Crippen molar-refractivity contribution in [3.8, 4) is 0 Å². The van der Waals surface area contributed by atoms with Crippen molar-refractivity contribution in [2.75, 3.05) is 17.2 Å². The molecule has 0 amide bonds. The molecule has 0 bridgehead atoms. The second-order valence-electron chi connectivity index (χ2n) is 3.67. The van der Waals surface area contributed by atoms with Gasteiger partial charge in [0.05, 0.1) is 11.9 Å². The standard InChI is InChI=1S/C12H15N5/c1-2-17(8-10-3-5-14-6-4-10)12-11(13)7-15-9-16-12/h3-7,9H,2,8,13H2,1H3. The van der Waals surface area contributed by atoms with Crippen molar-refractivity contribution < 1.29 is 0 Å². The molecule has 0 fully saturated rings. The van der Waals surface area contributed by atoms with Crippen molar-refractivity contribution in [1.82, 2.24) is 15.0 Å². The Morgan fingerprint density at radius 2 is 2.00 bits per heavy atom. The Morgan fingerprint density at radius 3 is 2.65 bits per heavy atom. The highest BCUT2D eigenvalue weighted by atomic mass is 15.2. The second-order valence-corrected chi connectivity index (χ2v) is 3.67. The van der Waals surface area contributed by atoms with Crippen LogP contribution in [0.4, 0.5) is 11.5 Å². The van der Waals surface area contributed by atoms with Crippen LogP contribution in [0.5, 0.6) is 0 Å². The second kappa shape index (κ2) is 5.25. The molecule has 5 nitrogen and oxygen atoms in total. The maximum atomic E-state index is 5.87. The van der Waals surface area contributed by atoms with E-state index in [1.165, 1.54) is 11.9 Å². The zero-order valence-corrected chi connectivity index (χ0v) is 9.74. The third kappa shape index (κ3) is 2.69. The Bertz CT molecular complexity index is 471. The van der Waals surface area contributed by atoms with Crippen LogP contribution in [0, 0.1) is 0 Å². The molecule has 2 aromatic heterocycles. The van der Waals surface area contributed by atoms with Crippen LogP contribution in [0.2, 0.25) is 0 Å². The topological polar surface area (TPSA) is 67.9 Å². The quantitative estimate of drug-likeness (QED) is 0.860. The van der Waals surface area contributed by atoms with E-state index in [0.717, 1.165) is 18.9 Å². The molecular weight excluding hydrogens is 214 g/mol.